The molecule has 1 saturated heterocycles. The van der Waals surface area contributed by atoms with Gasteiger partial charge in [0.25, 0.3) is 0 Å². The first-order chi connectivity index (χ1) is 5.65. The van der Waals surface area contributed by atoms with Gasteiger partial charge in [0, 0.05) is 6.54 Å². The number of rotatable bonds is 1. The van der Waals surface area contributed by atoms with Gasteiger partial charge < -0.3 is 5.11 Å². The van der Waals surface area contributed by atoms with E-state index in [1.165, 1.54) is 0 Å². The van der Waals surface area contributed by atoms with Gasteiger partial charge >= 0.3 is 0 Å². The van der Waals surface area contributed by atoms with Gasteiger partial charge in [-0.25, -0.2) is 0 Å². The minimum absolute atomic E-state index is 0.0628. The van der Waals surface area contributed by atoms with Crippen LogP contribution in [0.1, 0.15) is 20.3 Å². The van der Waals surface area contributed by atoms with E-state index in [1.807, 2.05) is 11.8 Å². The van der Waals surface area contributed by atoms with Gasteiger partial charge in [-0.1, -0.05) is 6.92 Å². The van der Waals surface area contributed by atoms with Crippen molar-refractivity contribution >= 4 is 0 Å². The van der Waals surface area contributed by atoms with Crippen LogP contribution in [0.2, 0.25) is 0 Å². The summed E-state index contributed by atoms with van der Waals surface area (Å²) in [4.78, 5) is 2.03. The second kappa shape index (κ2) is 3.88. The zero-order chi connectivity index (χ0) is 9.14. The molecule has 0 aliphatic carbocycles. The fraction of sp³-hybridized carbons (Fsp3) is 0.889. The van der Waals surface area contributed by atoms with Crippen LogP contribution < -0.4 is 0 Å². The molecule has 0 aromatic heterocycles. The molecular weight excluding hydrogens is 152 g/mol. The van der Waals surface area contributed by atoms with Crippen LogP contribution in [0.5, 0.6) is 0 Å². The highest BCUT2D eigenvalue weighted by Gasteiger charge is 2.26. The summed E-state index contributed by atoms with van der Waals surface area (Å²) in [7, 11) is 0. The molecule has 1 N–H and O–H groups in total. The first kappa shape index (κ1) is 9.50. The third-order valence-electron chi connectivity index (χ3n) is 2.68. The van der Waals surface area contributed by atoms with E-state index in [4.69, 9.17) is 5.26 Å². The van der Waals surface area contributed by atoms with Crippen LogP contribution >= 0.6 is 0 Å². The molecule has 0 aromatic rings. The van der Waals surface area contributed by atoms with E-state index in [2.05, 4.69) is 13.0 Å². The van der Waals surface area contributed by atoms with Crippen LogP contribution in [0.4, 0.5) is 0 Å². The Balaban J connectivity index is 2.46. The molecular formula is C9H16N2O. The number of nitrogens with zero attached hydrogens (tertiary/aromatic N) is 2. The largest absolute Gasteiger partial charge is 0.392 e. The fourth-order valence-electron chi connectivity index (χ4n) is 1.51. The number of likely N-dealkylation sites (tertiary alicyclic amines) is 1. The van der Waals surface area contributed by atoms with Crippen LogP contribution in [-0.2, 0) is 0 Å². The molecule has 68 valence electrons. The third kappa shape index (κ3) is 1.96. The monoisotopic (exact) mass is 168 g/mol. The van der Waals surface area contributed by atoms with Gasteiger partial charge in [0.2, 0.25) is 0 Å². The Bertz CT molecular complexity index is 187. The van der Waals surface area contributed by atoms with Crippen molar-refractivity contribution in [3.05, 3.63) is 0 Å². The molecule has 0 bridgehead atoms. The maximum absolute atomic E-state index is 9.54. The fourth-order valence-corrected chi connectivity index (χ4v) is 1.51. The molecule has 0 amide bonds. The Morgan fingerprint density at radius 3 is 2.83 bits per heavy atom. The standard InChI is InChI=1S/C9H16N2O/c1-7-3-4-11(6-9(7)12)8(2)5-10/h7-9,12H,3-4,6H2,1-2H3. The molecule has 0 saturated carbocycles. The van der Waals surface area contributed by atoms with Crippen molar-refractivity contribution < 1.29 is 5.11 Å². The molecule has 12 heavy (non-hydrogen) atoms. The normalized spacial score (nSPS) is 34.2. The van der Waals surface area contributed by atoms with Crippen LogP contribution in [0.3, 0.4) is 0 Å². The summed E-state index contributed by atoms with van der Waals surface area (Å²) >= 11 is 0. The highest BCUT2D eigenvalue weighted by atomic mass is 16.3. The molecule has 1 aliphatic rings. The number of hydrogen-bond acceptors (Lipinski definition) is 3. The van der Waals surface area contributed by atoms with E-state index in [1.54, 1.807) is 0 Å². The zero-order valence-electron chi connectivity index (χ0n) is 7.70. The molecule has 0 spiro atoms. The van der Waals surface area contributed by atoms with Gasteiger partial charge in [0.15, 0.2) is 0 Å². The molecule has 1 aliphatic heterocycles. The van der Waals surface area contributed by atoms with Crippen LogP contribution in [-0.4, -0.2) is 35.2 Å². The van der Waals surface area contributed by atoms with Gasteiger partial charge in [0.05, 0.1) is 18.2 Å². The third-order valence-corrected chi connectivity index (χ3v) is 2.68. The Morgan fingerprint density at radius 1 is 1.67 bits per heavy atom. The zero-order valence-corrected chi connectivity index (χ0v) is 7.70. The summed E-state index contributed by atoms with van der Waals surface area (Å²) in [5.41, 5.74) is 0. The Hall–Kier alpha value is -0.590. The predicted molar refractivity (Wildman–Crippen MR) is 46.4 cm³/mol. The van der Waals surface area contributed by atoms with E-state index >= 15 is 0 Å². The summed E-state index contributed by atoms with van der Waals surface area (Å²) < 4.78 is 0. The first-order valence-corrected chi connectivity index (χ1v) is 4.47. The van der Waals surface area contributed by atoms with E-state index < -0.39 is 0 Å². The lowest BCUT2D eigenvalue weighted by Gasteiger charge is -2.35. The van der Waals surface area contributed by atoms with Crippen molar-refractivity contribution in [2.75, 3.05) is 13.1 Å². The Kier molecular flexibility index (Phi) is 3.07. The number of hydrogen-bond donors (Lipinski definition) is 1. The van der Waals surface area contributed by atoms with Gasteiger partial charge in [-0.15, -0.1) is 0 Å². The quantitative estimate of drug-likeness (QED) is 0.623. The highest BCUT2D eigenvalue weighted by Crippen LogP contribution is 2.18. The van der Waals surface area contributed by atoms with Crippen LogP contribution in [0, 0.1) is 17.2 Å². The molecule has 3 atom stereocenters. The number of aliphatic hydroxyl groups is 1. The second-order valence-electron chi connectivity index (χ2n) is 3.63. The minimum atomic E-state index is -0.255. The summed E-state index contributed by atoms with van der Waals surface area (Å²) in [6.45, 7) is 5.52. The number of nitriles is 1. The van der Waals surface area contributed by atoms with Crippen molar-refractivity contribution in [3.63, 3.8) is 0 Å². The van der Waals surface area contributed by atoms with E-state index in [0.29, 0.717) is 12.5 Å². The molecule has 1 fully saturated rings. The summed E-state index contributed by atoms with van der Waals surface area (Å²) in [6.07, 6.45) is 0.738. The Labute approximate surface area is 73.6 Å². The smallest absolute Gasteiger partial charge is 0.0950 e. The second-order valence-corrected chi connectivity index (χ2v) is 3.63. The van der Waals surface area contributed by atoms with Gasteiger partial charge in [-0.3, -0.25) is 4.90 Å². The molecule has 0 aromatic carbocycles. The summed E-state index contributed by atoms with van der Waals surface area (Å²) in [6, 6.07) is 2.12. The van der Waals surface area contributed by atoms with E-state index in [-0.39, 0.29) is 12.1 Å². The van der Waals surface area contributed by atoms with Crippen molar-refractivity contribution in [2.45, 2.75) is 32.4 Å². The van der Waals surface area contributed by atoms with Crippen LogP contribution in [0.15, 0.2) is 0 Å². The van der Waals surface area contributed by atoms with E-state index in [0.717, 1.165) is 13.0 Å². The molecule has 1 heterocycles. The molecule has 3 heteroatoms. The lowest BCUT2D eigenvalue weighted by atomic mass is 9.95. The van der Waals surface area contributed by atoms with Gasteiger partial charge in [-0.2, -0.15) is 5.26 Å². The maximum atomic E-state index is 9.54. The molecule has 0 radical (unpaired) electrons. The number of β-amino-alcohol motifs (C(OH)–C–C–N with tert-alkyl or cyclic N) is 1. The minimum Gasteiger partial charge on any atom is -0.392 e. The lowest BCUT2D eigenvalue weighted by molar-refractivity contribution is 0.0220. The summed E-state index contributed by atoms with van der Waals surface area (Å²) in [5.74, 6) is 0.382. The molecule has 3 unspecified atom stereocenters. The van der Waals surface area contributed by atoms with Crippen molar-refractivity contribution in [2.24, 2.45) is 5.92 Å². The van der Waals surface area contributed by atoms with Crippen molar-refractivity contribution in [1.82, 2.24) is 4.90 Å². The van der Waals surface area contributed by atoms with Gasteiger partial charge in [0.1, 0.15) is 0 Å². The SMILES string of the molecule is CC1CCN(C(C)C#N)CC1O. The topological polar surface area (TPSA) is 47.3 Å². The Morgan fingerprint density at radius 2 is 2.33 bits per heavy atom. The van der Waals surface area contributed by atoms with Gasteiger partial charge in [-0.05, 0) is 25.8 Å². The first-order valence-electron chi connectivity index (χ1n) is 4.47. The molecule has 3 nitrogen and oxygen atoms in total. The average molecular weight is 168 g/mol. The number of piperidine rings is 1. The predicted octanol–water partition coefficient (Wildman–Crippen LogP) is 0.601. The molecule has 1 rings (SSSR count). The maximum Gasteiger partial charge on any atom is 0.0950 e. The highest BCUT2D eigenvalue weighted by molar-refractivity contribution is 4.91. The van der Waals surface area contributed by atoms with E-state index in [9.17, 15) is 5.11 Å². The van der Waals surface area contributed by atoms with Crippen molar-refractivity contribution in [3.8, 4) is 6.07 Å². The summed E-state index contributed by atoms with van der Waals surface area (Å²) in [5, 5.41) is 18.2. The van der Waals surface area contributed by atoms with Crippen LogP contribution in [0.25, 0.3) is 0 Å². The average Bonchev–Trinajstić information content (AvgIpc) is 2.08. The van der Waals surface area contributed by atoms with Crippen molar-refractivity contribution in [1.29, 1.82) is 5.26 Å². The number of aliphatic hydroxyl groups excluding tert-OH is 1. The lowest BCUT2D eigenvalue weighted by Crippen LogP contribution is -2.46.